The molecule has 0 aliphatic rings. The van der Waals surface area contributed by atoms with Crippen molar-refractivity contribution in [1.82, 2.24) is 0 Å². The minimum absolute atomic E-state index is 0.105. The molecule has 0 aliphatic heterocycles. The molecule has 0 aliphatic carbocycles. The van der Waals surface area contributed by atoms with Crippen molar-refractivity contribution in [1.29, 1.82) is 0 Å². The average Bonchev–Trinajstić information content (AvgIpc) is 0.934. The van der Waals surface area contributed by atoms with E-state index in [9.17, 15) is 43.2 Å². The van der Waals surface area contributed by atoms with E-state index in [1.165, 1.54) is 244 Å². The van der Waals surface area contributed by atoms with Gasteiger partial charge in [-0.25, -0.2) is 9.13 Å². The van der Waals surface area contributed by atoms with Crippen molar-refractivity contribution < 1.29 is 80.2 Å². The molecule has 0 bridgehead atoms. The van der Waals surface area contributed by atoms with Crippen LogP contribution in [0, 0.1) is 17.8 Å². The zero-order chi connectivity index (χ0) is 75.1. The Labute approximate surface area is 626 Å². The zero-order valence-electron chi connectivity index (χ0n) is 67.1. The van der Waals surface area contributed by atoms with Crippen LogP contribution in [-0.2, 0) is 65.4 Å². The molecule has 0 aromatic rings. The van der Waals surface area contributed by atoms with Gasteiger partial charge in [-0.2, -0.15) is 0 Å². The van der Waals surface area contributed by atoms with E-state index in [0.29, 0.717) is 25.7 Å². The van der Waals surface area contributed by atoms with Gasteiger partial charge in [-0.15, -0.1) is 0 Å². The van der Waals surface area contributed by atoms with Gasteiger partial charge in [0.1, 0.15) is 19.3 Å². The van der Waals surface area contributed by atoms with Crippen molar-refractivity contribution in [3.63, 3.8) is 0 Å². The maximum Gasteiger partial charge on any atom is 0.472 e. The largest absolute Gasteiger partial charge is 0.472 e. The Morgan fingerprint density at radius 3 is 0.745 bits per heavy atom. The Bertz CT molecular complexity index is 1980. The predicted molar refractivity (Wildman–Crippen MR) is 418 cm³/mol. The van der Waals surface area contributed by atoms with Crippen molar-refractivity contribution >= 4 is 39.5 Å². The molecule has 606 valence electrons. The second-order valence-corrected chi connectivity index (χ2v) is 34.0. The molecule has 0 spiro atoms. The van der Waals surface area contributed by atoms with Gasteiger partial charge in [-0.05, 0) is 43.4 Å². The molecule has 0 saturated heterocycles. The molecule has 0 radical (unpaired) electrons. The standard InChI is InChI=1S/C83H162O17P2/c1-8-10-11-12-13-14-15-16-17-18-19-20-24-27-30-35-43-50-57-64-80(85)93-70-78(99-82(87)66-59-52-45-36-31-28-25-22-21-23-26-29-33-40-47-54-61-74(3)4)72-97-101(89,90)95-68-77(84)69-96-102(91,92)98-73-79(100-83(88)67-60-53-46-37-32-34-41-48-55-62-75(5)6)71-94-81(86)65-58-51-44-39-38-42-49-56-63-76(7)9-2/h74-79,84H,8-73H2,1-7H3,(H,89,90)(H,91,92)/t76?,77-,78-,79-/m1/s1. The summed E-state index contributed by atoms with van der Waals surface area (Å²) in [4.78, 5) is 73.1. The molecular weight excluding hydrogens is 1330 g/mol. The van der Waals surface area contributed by atoms with Gasteiger partial charge in [-0.1, -0.05) is 382 Å². The lowest BCUT2D eigenvalue weighted by Crippen LogP contribution is -2.30. The molecule has 0 fully saturated rings. The van der Waals surface area contributed by atoms with Gasteiger partial charge in [0, 0.05) is 25.7 Å². The minimum Gasteiger partial charge on any atom is -0.462 e. The third-order valence-corrected chi connectivity index (χ3v) is 21.6. The molecule has 0 amide bonds. The number of phosphoric ester groups is 2. The molecule has 0 heterocycles. The first-order valence-electron chi connectivity index (χ1n) is 42.9. The maximum atomic E-state index is 13.1. The number of phosphoric acid groups is 2. The van der Waals surface area contributed by atoms with E-state index < -0.39 is 97.5 Å². The fourth-order valence-electron chi connectivity index (χ4n) is 12.8. The Hall–Kier alpha value is -1.94. The van der Waals surface area contributed by atoms with Gasteiger partial charge < -0.3 is 33.8 Å². The third-order valence-electron chi connectivity index (χ3n) is 19.7. The van der Waals surface area contributed by atoms with Crippen LogP contribution >= 0.6 is 15.6 Å². The lowest BCUT2D eigenvalue weighted by atomic mass is 9.99. The summed E-state index contributed by atoms with van der Waals surface area (Å²) in [5, 5.41) is 10.7. The number of hydrogen-bond donors (Lipinski definition) is 3. The summed E-state index contributed by atoms with van der Waals surface area (Å²) in [5.74, 6) is 0.213. The average molecular weight is 1490 g/mol. The lowest BCUT2D eigenvalue weighted by Gasteiger charge is -2.21. The molecule has 19 heteroatoms. The summed E-state index contributed by atoms with van der Waals surface area (Å²) in [6.45, 7) is 12.0. The number of unbranched alkanes of at least 4 members (excludes halogenated alkanes) is 48. The second kappa shape index (κ2) is 73.2. The Balaban J connectivity index is 5.24. The number of esters is 4. The van der Waals surface area contributed by atoms with E-state index in [4.69, 9.17) is 37.0 Å². The maximum absolute atomic E-state index is 13.1. The van der Waals surface area contributed by atoms with E-state index in [-0.39, 0.29) is 25.7 Å². The quantitative estimate of drug-likeness (QED) is 0.0222. The number of aliphatic hydroxyl groups is 1. The van der Waals surface area contributed by atoms with Crippen LogP contribution in [-0.4, -0.2) is 96.7 Å². The highest BCUT2D eigenvalue weighted by molar-refractivity contribution is 7.47. The first-order valence-corrected chi connectivity index (χ1v) is 45.9. The topological polar surface area (TPSA) is 237 Å². The number of carbonyl (C=O) groups excluding carboxylic acids is 4. The monoisotopic (exact) mass is 1490 g/mol. The smallest absolute Gasteiger partial charge is 0.462 e. The highest BCUT2D eigenvalue weighted by Gasteiger charge is 2.30. The van der Waals surface area contributed by atoms with E-state index in [0.717, 1.165) is 108 Å². The van der Waals surface area contributed by atoms with E-state index in [1.807, 2.05) is 0 Å². The lowest BCUT2D eigenvalue weighted by molar-refractivity contribution is -0.161. The van der Waals surface area contributed by atoms with E-state index in [2.05, 4.69) is 48.5 Å². The van der Waals surface area contributed by atoms with Crippen LogP contribution in [0.4, 0.5) is 0 Å². The second-order valence-electron chi connectivity index (χ2n) is 31.1. The molecule has 0 aromatic carbocycles. The Morgan fingerprint density at radius 1 is 0.284 bits per heavy atom. The molecule has 17 nitrogen and oxygen atoms in total. The Kier molecular flexibility index (Phi) is 71.8. The normalized spacial score (nSPS) is 14.2. The fourth-order valence-corrected chi connectivity index (χ4v) is 14.4. The van der Waals surface area contributed by atoms with Crippen LogP contribution in [0.1, 0.15) is 434 Å². The highest BCUT2D eigenvalue weighted by atomic mass is 31.2. The molecule has 3 N–H and O–H groups in total. The molecule has 0 saturated carbocycles. The van der Waals surface area contributed by atoms with Crippen molar-refractivity contribution in [3.05, 3.63) is 0 Å². The van der Waals surface area contributed by atoms with Gasteiger partial charge in [-0.3, -0.25) is 37.3 Å². The highest BCUT2D eigenvalue weighted by Crippen LogP contribution is 2.45. The van der Waals surface area contributed by atoms with Gasteiger partial charge in [0.05, 0.1) is 26.4 Å². The van der Waals surface area contributed by atoms with Crippen molar-refractivity contribution in [2.24, 2.45) is 17.8 Å². The van der Waals surface area contributed by atoms with Crippen LogP contribution in [0.15, 0.2) is 0 Å². The van der Waals surface area contributed by atoms with Crippen LogP contribution < -0.4 is 0 Å². The Morgan fingerprint density at radius 2 is 0.500 bits per heavy atom. The van der Waals surface area contributed by atoms with Crippen LogP contribution in [0.2, 0.25) is 0 Å². The van der Waals surface area contributed by atoms with Crippen molar-refractivity contribution in [3.8, 4) is 0 Å². The third kappa shape index (κ3) is 74.9. The van der Waals surface area contributed by atoms with Crippen LogP contribution in [0.25, 0.3) is 0 Å². The number of aliphatic hydroxyl groups excluding tert-OH is 1. The van der Waals surface area contributed by atoms with Gasteiger partial charge in [0.2, 0.25) is 0 Å². The first-order chi connectivity index (χ1) is 49.3. The summed E-state index contributed by atoms with van der Waals surface area (Å²) < 4.78 is 68.8. The summed E-state index contributed by atoms with van der Waals surface area (Å²) in [6.07, 6.45) is 62.5. The molecule has 0 aromatic heterocycles. The summed E-state index contributed by atoms with van der Waals surface area (Å²) in [5.41, 5.74) is 0. The molecule has 6 atom stereocenters. The van der Waals surface area contributed by atoms with Gasteiger partial charge in [0.25, 0.3) is 0 Å². The predicted octanol–water partition coefficient (Wildman–Crippen LogP) is 24.9. The SMILES string of the molecule is CCCCCCCCCCCCCCCCCCCCCC(=O)OC[C@H](COP(=O)(O)OC[C@@H](O)COP(=O)(O)OC[C@@H](COC(=O)CCCCCCCCCCC(C)CC)OC(=O)CCCCCCCCCCCC(C)C)OC(=O)CCCCCCCCCCCCCCCCCCC(C)C. The number of hydrogen-bond acceptors (Lipinski definition) is 15. The van der Waals surface area contributed by atoms with Crippen molar-refractivity contribution in [2.75, 3.05) is 39.6 Å². The molecular formula is C83H162O17P2. The summed E-state index contributed by atoms with van der Waals surface area (Å²) in [6, 6.07) is 0. The molecule has 102 heavy (non-hydrogen) atoms. The minimum atomic E-state index is -4.96. The van der Waals surface area contributed by atoms with E-state index >= 15 is 0 Å². The number of ether oxygens (including phenoxy) is 4. The molecule has 3 unspecified atom stereocenters. The zero-order valence-corrected chi connectivity index (χ0v) is 68.9. The first kappa shape index (κ1) is 100. The summed E-state index contributed by atoms with van der Waals surface area (Å²) in [7, 11) is -9.92. The van der Waals surface area contributed by atoms with E-state index in [1.54, 1.807) is 0 Å². The van der Waals surface area contributed by atoms with Crippen molar-refractivity contribution in [2.45, 2.75) is 452 Å². The fraction of sp³-hybridized carbons (Fsp3) is 0.952. The number of rotatable bonds is 81. The van der Waals surface area contributed by atoms with Crippen LogP contribution in [0.3, 0.4) is 0 Å². The van der Waals surface area contributed by atoms with Gasteiger partial charge in [0.15, 0.2) is 12.2 Å². The number of carbonyl (C=O) groups is 4. The van der Waals surface area contributed by atoms with Crippen LogP contribution in [0.5, 0.6) is 0 Å². The summed E-state index contributed by atoms with van der Waals surface area (Å²) >= 11 is 0. The van der Waals surface area contributed by atoms with Gasteiger partial charge >= 0.3 is 39.5 Å². The molecule has 0 rings (SSSR count).